The fraction of sp³-hybridized carbons (Fsp3) is 0.300. The number of anilines is 1. The number of carbonyl (C=O) groups is 2. The molecule has 0 bridgehead atoms. The lowest BCUT2D eigenvalue weighted by atomic mass is 10.1. The van der Waals surface area contributed by atoms with Crippen LogP contribution in [0.1, 0.15) is 17.5 Å². The van der Waals surface area contributed by atoms with Gasteiger partial charge in [0.2, 0.25) is 11.8 Å². The Balaban J connectivity index is 1.42. The summed E-state index contributed by atoms with van der Waals surface area (Å²) in [5.74, 6) is -0.562. The highest BCUT2D eigenvalue weighted by molar-refractivity contribution is 6.30. The molecule has 0 aliphatic heterocycles. The number of carbonyl (C=O) groups excluding carboxylic acids is 2. The lowest BCUT2D eigenvalue weighted by Gasteiger charge is -2.07. The topological polar surface area (TPSA) is 58.2 Å². The standard InChI is InChI=1S/C20H21ClN2O2/c1-13-3-2-4-16(11-13)23-20(25)18-12-17(18)19(24)22-10-9-14-5-7-15(21)8-6-14/h2-8,11,17-18H,9-10,12H2,1H3,(H,22,24)(H,23,25). The van der Waals surface area contributed by atoms with Gasteiger partial charge in [0, 0.05) is 17.3 Å². The van der Waals surface area contributed by atoms with Crippen LogP contribution in [0.15, 0.2) is 48.5 Å². The molecule has 2 aromatic carbocycles. The maximum absolute atomic E-state index is 12.2. The first-order valence-corrected chi connectivity index (χ1v) is 8.80. The van der Waals surface area contributed by atoms with E-state index < -0.39 is 0 Å². The van der Waals surface area contributed by atoms with Gasteiger partial charge in [-0.3, -0.25) is 9.59 Å². The number of benzene rings is 2. The molecule has 0 spiro atoms. The Kier molecular flexibility index (Phi) is 5.39. The van der Waals surface area contributed by atoms with E-state index in [1.807, 2.05) is 55.5 Å². The van der Waals surface area contributed by atoms with Gasteiger partial charge in [-0.1, -0.05) is 35.9 Å². The third-order valence-corrected chi connectivity index (χ3v) is 4.63. The molecule has 0 radical (unpaired) electrons. The Morgan fingerprint density at radius 2 is 1.80 bits per heavy atom. The number of hydrogen-bond acceptors (Lipinski definition) is 2. The Bertz CT molecular complexity index is 774. The fourth-order valence-corrected chi connectivity index (χ4v) is 2.97. The average Bonchev–Trinajstić information content (AvgIpc) is 3.37. The molecule has 2 unspecified atom stereocenters. The number of rotatable bonds is 6. The van der Waals surface area contributed by atoms with Crippen molar-refractivity contribution < 1.29 is 9.59 Å². The molecule has 0 saturated heterocycles. The summed E-state index contributed by atoms with van der Waals surface area (Å²) < 4.78 is 0. The van der Waals surface area contributed by atoms with E-state index in [0.717, 1.165) is 23.2 Å². The third-order valence-electron chi connectivity index (χ3n) is 4.38. The van der Waals surface area contributed by atoms with Crippen molar-refractivity contribution >= 4 is 29.1 Å². The van der Waals surface area contributed by atoms with Crippen molar-refractivity contribution in [1.82, 2.24) is 5.32 Å². The molecular weight excluding hydrogens is 336 g/mol. The van der Waals surface area contributed by atoms with E-state index in [0.29, 0.717) is 18.0 Å². The van der Waals surface area contributed by atoms with Crippen LogP contribution >= 0.6 is 11.6 Å². The molecule has 2 aromatic rings. The summed E-state index contributed by atoms with van der Waals surface area (Å²) in [7, 11) is 0. The van der Waals surface area contributed by atoms with Crippen molar-refractivity contribution in [3.63, 3.8) is 0 Å². The first-order valence-electron chi connectivity index (χ1n) is 8.42. The van der Waals surface area contributed by atoms with Crippen LogP contribution in [0.25, 0.3) is 0 Å². The zero-order chi connectivity index (χ0) is 17.8. The normalized spacial score (nSPS) is 18.5. The second-order valence-electron chi connectivity index (χ2n) is 6.47. The quantitative estimate of drug-likeness (QED) is 0.831. The predicted molar refractivity (Wildman–Crippen MR) is 99.6 cm³/mol. The summed E-state index contributed by atoms with van der Waals surface area (Å²) >= 11 is 5.85. The van der Waals surface area contributed by atoms with E-state index in [2.05, 4.69) is 10.6 Å². The lowest BCUT2D eigenvalue weighted by Crippen LogP contribution is -2.29. The van der Waals surface area contributed by atoms with Crippen molar-refractivity contribution in [3.05, 3.63) is 64.7 Å². The molecular formula is C20H21ClN2O2. The highest BCUT2D eigenvalue weighted by Gasteiger charge is 2.47. The predicted octanol–water partition coefficient (Wildman–Crippen LogP) is 3.58. The second-order valence-corrected chi connectivity index (χ2v) is 6.91. The Labute approximate surface area is 152 Å². The second kappa shape index (κ2) is 7.70. The summed E-state index contributed by atoms with van der Waals surface area (Å²) in [5, 5.41) is 6.50. The van der Waals surface area contributed by atoms with E-state index in [-0.39, 0.29) is 23.7 Å². The maximum Gasteiger partial charge on any atom is 0.228 e. The summed E-state index contributed by atoms with van der Waals surface area (Å²) in [4.78, 5) is 24.4. The van der Waals surface area contributed by atoms with Crippen molar-refractivity contribution in [2.24, 2.45) is 11.8 Å². The van der Waals surface area contributed by atoms with Gasteiger partial charge in [0.05, 0.1) is 11.8 Å². The largest absolute Gasteiger partial charge is 0.356 e. The van der Waals surface area contributed by atoms with E-state index in [1.54, 1.807) is 0 Å². The van der Waals surface area contributed by atoms with E-state index >= 15 is 0 Å². The number of hydrogen-bond donors (Lipinski definition) is 2. The number of halogens is 1. The van der Waals surface area contributed by atoms with Crippen LogP contribution in [0.4, 0.5) is 5.69 Å². The minimum atomic E-state index is -0.226. The average molecular weight is 357 g/mol. The van der Waals surface area contributed by atoms with Gasteiger partial charge in [-0.2, -0.15) is 0 Å². The van der Waals surface area contributed by atoms with Crippen molar-refractivity contribution in [2.45, 2.75) is 19.8 Å². The van der Waals surface area contributed by atoms with Crippen molar-refractivity contribution in [3.8, 4) is 0 Å². The summed E-state index contributed by atoms with van der Waals surface area (Å²) in [6, 6.07) is 15.2. The Hall–Kier alpha value is -2.33. The summed E-state index contributed by atoms with van der Waals surface area (Å²) in [5.41, 5.74) is 2.98. The van der Waals surface area contributed by atoms with Gasteiger partial charge in [-0.05, 0) is 55.2 Å². The van der Waals surface area contributed by atoms with Gasteiger partial charge in [-0.15, -0.1) is 0 Å². The monoisotopic (exact) mass is 356 g/mol. The van der Waals surface area contributed by atoms with E-state index in [4.69, 9.17) is 11.6 Å². The molecule has 5 heteroatoms. The molecule has 2 atom stereocenters. The first kappa shape index (κ1) is 17.5. The third kappa shape index (κ3) is 4.83. The van der Waals surface area contributed by atoms with Gasteiger partial charge in [-0.25, -0.2) is 0 Å². The minimum Gasteiger partial charge on any atom is -0.356 e. The van der Waals surface area contributed by atoms with Crippen LogP contribution in [0.5, 0.6) is 0 Å². The van der Waals surface area contributed by atoms with Crippen LogP contribution in [0.2, 0.25) is 5.02 Å². The molecule has 0 heterocycles. The molecule has 1 aliphatic rings. The SMILES string of the molecule is Cc1cccc(NC(=O)C2CC2C(=O)NCCc2ccc(Cl)cc2)c1. The molecule has 2 amide bonds. The minimum absolute atomic E-state index is 0.0432. The van der Waals surface area contributed by atoms with Gasteiger partial charge in [0.25, 0.3) is 0 Å². The van der Waals surface area contributed by atoms with Crippen molar-refractivity contribution in [2.75, 3.05) is 11.9 Å². The van der Waals surface area contributed by atoms with Crippen LogP contribution < -0.4 is 10.6 Å². The molecule has 130 valence electrons. The van der Waals surface area contributed by atoms with Crippen molar-refractivity contribution in [1.29, 1.82) is 0 Å². The van der Waals surface area contributed by atoms with Gasteiger partial charge < -0.3 is 10.6 Å². The lowest BCUT2D eigenvalue weighted by molar-refractivity contribution is -0.125. The van der Waals surface area contributed by atoms with Gasteiger partial charge >= 0.3 is 0 Å². The number of amides is 2. The molecule has 25 heavy (non-hydrogen) atoms. The zero-order valence-electron chi connectivity index (χ0n) is 14.1. The highest BCUT2D eigenvalue weighted by atomic mass is 35.5. The molecule has 1 fully saturated rings. The van der Waals surface area contributed by atoms with E-state index in [9.17, 15) is 9.59 Å². The smallest absolute Gasteiger partial charge is 0.228 e. The summed E-state index contributed by atoms with van der Waals surface area (Å²) in [6.07, 6.45) is 1.36. The van der Waals surface area contributed by atoms with Crippen LogP contribution in [0, 0.1) is 18.8 Å². The molecule has 0 aromatic heterocycles. The molecule has 2 N–H and O–H groups in total. The van der Waals surface area contributed by atoms with Crippen LogP contribution in [-0.2, 0) is 16.0 Å². The maximum atomic E-state index is 12.2. The fourth-order valence-electron chi connectivity index (χ4n) is 2.84. The molecule has 1 saturated carbocycles. The number of nitrogens with one attached hydrogen (secondary N) is 2. The highest BCUT2D eigenvalue weighted by Crippen LogP contribution is 2.39. The summed E-state index contributed by atoms with van der Waals surface area (Å²) in [6.45, 7) is 2.53. The molecule has 3 rings (SSSR count). The number of aryl methyl sites for hydroxylation is 1. The van der Waals surface area contributed by atoms with Gasteiger partial charge in [0.15, 0.2) is 0 Å². The van der Waals surface area contributed by atoms with Gasteiger partial charge in [0.1, 0.15) is 0 Å². The molecule has 4 nitrogen and oxygen atoms in total. The van der Waals surface area contributed by atoms with E-state index in [1.165, 1.54) is 0 Å². The Morgan fingerprint density at radius 3 is 2.52 bits per heavy atom. The Morgan fingerprint density at radius 1 is 1.08 bits per heavy atom. The van der Waals surface area contributed by atoms with Crippen LogP contribution in [-0.4, -0.2) is 18.4 Å². The first-order chi connectivity index (χ1) is 12.0. The zero-order valence-corrected chi connectivity index (χ0v) is 14.8. The van der Waals surface area contributed by atoms with Crippen LogP contribution in [0.3, 0.4) is 0 Å². The molecule has 1 aliphatic carbocycles.